The van der Waals surface area contributed by atoms with E-state index in [0.29, 0.717) is 18.8 Å². The zero-order chi connectivity index (χ0) is 19.0. The fourth-order valence-electron chi connectivity index (χ4n) is 3.51. The maximum atomic E-state index is 12.6. The molecule has 4 rings (SSSR count). The number of nitrogens with zero attached hydrogens (tertiary/aromatic N) is 4. The van der Waals surface area contributed by atoms with Crippen LogP contribution >= 0.6 is 0 Å². The highest BCUT2D eigenvalue weighted by atomic mass is 16.5. The number of fused-ring (bicyclic) bond motifs is 1. The smallest absolute Gasteiger partial charge is 0.274 e. The van der Waals surface area contributed by atoms with Gasteiger partial charge in [-0.15, -0.1) is 0 Å². The van der Waals surface area contributed by atoms with Crippen molar-refractivity contribution in [2.45, 2.75) is 18.9 Å². The van der Waals surface area contributed by atoms with Crippen LogP contribution in [-0.2, 0) is 14.1 Å². The van der Waals surface area contributed by atoms with E-state index in [9.17, 15) is 9.59 Å². The van der Waals surface area contributed by atoms with Crippen LogP contribution in [0.5, 0.6) is 5.75 Å². The van der Waals surface area contributed by atoms with Gasteiger partial charge in [-0.2, -0.15) is 5.10 Å². The lowest BCUT2D eigenvalue weighted by atomic mass is 10.1. The second-order valence-electron chi connectivity index (χ2n) is 6.91. The quantitative estimate of drug-likeness (QED) is 0.711. The fourth-order valence-corrected chi connectivity index (χ4v) is 3.51. The predicted octanol–water partition coefficient (Wildman–Crippen LogP) is 1.96. The van der Waals surface area contributed by atoms with Crippen LogP contribution in [0.4, 0.5) is 0 Å². The van der Waals surface area contributed by atoms with Gasteiger partial charge in [0.25, 0.3) is 11.5 Å². The summed E-state index contributed by atoms with van der Waals surface area (Å²) in [6.45, 7) is 1.22. The van der Waals surface area contributed by atoms with Crippen LogP contribution in [0, 0.1) is 0 Å². The molecule has 0 N–H and O–H groups in total. The van der Waals surface area contributed by atoms with Crippen molar-refractivity contribution in [1.82, 2.24) is 19.2 Å². The van der Waals surface area contributed by atoms with Gasteiger partial charge in [0.2, 0.25) is 0 Å². The first kappa shape index (κ1) is 17.3. The van der Waals surface area contributed by atoms with Gasteiger partial charge in [-0.05, 0) is 24.3 Å². The van der Waals surface area contributed by atoms with Crippen molar-refractivity contribution in [3.63, 3.8) is 0 Å². The Morgan fingerprint density at radius 1 is 1.11 bits per heavy atom. The molecule has 0 aliphatic carbocycles. The van der Waals surface area contributed by atoms with E-state index >= 15 is 0 Å². The van der Waals surface area contributed by atoms with Crippen molar-refractivity contribution in [3.05, 3.63) is 58.6 Å². The molecule has 3 aromatic rings. The maximum absolute atomic E-state index is 12.6. The van der Waals surface area contributed by atoms with E-state index in [4.69, 9.17) is 4.74 Å². The van der Waals surface area contributed by atoms with Crippen LogP contribution in [0.15, 0.2) is 47.4 Å². The summed E-state index contributed by atoms with van der Waals surface area (Å²) in [4.78, 5) is 25.8. The van der Waals surface area contributed by atoms with E-state index < -0.39 is 0 Å². The number of likely N-dealkylation sites (tertiary alicyclic amines) is 1. The molecular weight excluding hydrogens is 344 g/mol. The number of aryl methyl sites for hydroxylation is 2. The molecule has 1 amide bonds. The molecule has 7 nitrogen and oxygen atoms in total. The number of carbonyl (C=O) groups is 1. The minimum absolute atomic E-state index is 0.0768. The van der Waals surface area contributed by atoms with Crippen molar-refractivity contribution >= 4 is 16.8 Å². The van der Waals surface area contributed by atoms with Gasteiger partial charge in [-0.3, -0.25) is 9.59 Å². The number of hydrogen-bond donors (Lipinski definition) is 0. The summed E-state index contributed by atoms with van der Waals surface area (Å²) in [5.41, 5.74) is 1.21. The highest BCUT2D eigenvalue weighted by Crippen LogP contribution is 2.28. The Morgan fingerprint density at radius 3 is 2.63 bits per heavy atom. The number of ether oxygens (including phenoxy) is 1. The van der Waals surface area contributed by atoms with Gasteiger partial charge < -0.3 is 14.2 Å². The summed E-state index contributed by atoms with van der Waals surface area (Å²) in [6, 6.07) is 11.0. The molecule has 0 spiro atoms. The van der Waals surface area contributed by atoms with Crippen molar-refractivity contribution < 1.29 is 9.53 Å². The second kappa shape index (κ2) is 6.90. The van der Waals surface area contributed by atoms with Gasteiger partial charge in [0.05, 0.1) is 5.52 Å². The van der Waals surface area contributed by atoms with Crippen LogP contribution in [0.3, 0.4) is 0 Å². The lowest BCUT2D eigenvalue weighted by molar-refractivity contribution is 0.0590. The van der Waals surface area contributed by atoms with E-state index in [1.807, 2.05) is 25.4 Å². The maximum Gasteiger partial charge on any atom is 0.274 e. The first-order chi connectivity index (χ1) is 13.0. The molecule has 0 radical (unpaired) electrons. The standard InChI is InChI=1S/C20H22N4O3/c1-22-11-10-15-17(22)4-3-5-18(15)27-14-8-12-24(13-9-14)20(26)16-6-7-19(25)23(2)21-16/h3-7,10-11,14H,8-9,12-13H2,1-2H3. The van der Waals surface area contributed by atoms with Crippen LogP contribution in [-0.4, -0.2) is 44.3 Å². The minimum Gasteiger partial charge on any atom is -0.490 e. The summed E-state index contributed by atoms with van der Waals surface area (Å²) in [5.74, 6) is 0.742. The van der Waals surface area contributed by atoms with Gasteiger partial charge in [0.1, 0.15) is 17.5 Å². The molecule has 1 aliphatic rings. The molecule has 27 heavy (non-hydrogen) atoms. The minimum atomic E-state index is -0.228. The first-order valence-electron chi connectivity index (χ1n) is 9.07. The Morgan fingerprint density at radius 2 is 1.89 bits per heavy atom. The van der Waals surface area contributed by atoms with Crippen LogP contribution < -0.4 is 10.3 Å². The van der Waals surface area contributed by atoms with Crippen molar-refractivity contribution in [2.75, 3.05) is 13.1 Å². The topological polar surface area (TPSA) is 69.4 Å². The summed E-state index contributed by atoms with van der Waals surface area (Å²) in [6.07, 6.45) is 3.63. The lowest BCUT2D eigenvalue weighted by Crippen LogP contribution is -2.42. The Bertz CT molecular complexity index is 1040. The molecule has 1 aromatic carbocycles. The molecule has 1 fully saturated rings. The predicted molar refractivity (Wildman–Crippen MR) is 102 cm³/mol. The molecule has 2 aromatic heterocycles. The first-order valence-corrected chi connectivity index (χ1v) is 9.07. The van der Waals surface area contributed by atoms with Crippen LogP contribution in [0.25, 0.3) is 10.9 Å². The number of carbonyl (C=O) groups excluding carboxylic acids is 1. The van der Waals surface area contributed by atoms with Gasteiger partial charge in [0.15, 0.2) is 0 Å². The monoisotopic (exact) mass is 366 g/mol. The summed E-state index contributed by atoms with van der Waals surface area (Å²) in [5, 5.41) is 5.16. The molecule has 140 valence electrons. The molecule has 7 heteroatoms. The number of benzene rings is 1. The van der Waals surface area contributed by atoms with Crippen LogP contribution in [0.1, 0.15) is 23.3 Å². The van der Waals surface area contributed by atoms with E-state index in [1.54, 1.807) is 11.9 Å². The largest absolute Gasteiger partial charge is 0.490 e. The lowest BCUT2D eigenvalue weighted by Gasteiger charge is -2.32. The normalized spacial score (nSPS) is 15.3. The molecule has 0 bridgehead atoms. The number of rotatable bonds is 3. The molecule has 1 saturated heterocycles. The highest BCUT2D eigenvalue weighted by Gasteiger charge is 2.26. The third-order valence-electron chi connectivity index (χ3n) is 5.09. The van der Waals surface area contributed by atoms with Gasteiger partial charge in [-0.25, -0.2) is 4.68 Å². The number of hydrogen-bond acceptors (Lipinski definition) is 4. The van der Waals surface area contributed by atoms with Crippen molar-refractivity contribution in [3.8, 4) is 5.75 Å². The van der Waals surface area contributed by atoms with E-state index in [0.717, 1.165) is 29.5 Å². The highest BCUT2D eigenvalue weighted by molar-refractivity contribution is 5.92. The summed E-state index contributed by atoms with van der Waals surface area (Å²) < 4.78 is 9.50. The molecule has 3 heterocycles. The Balaban J connectivity index is 1.42. The molecule has 0 atom stereocenters. The number of amides is 1. The van der Waals surface area contributed by atoms with E-state index in [1.165, 1.54) is 16.8 Å². The van der Waals surface area contributed by atoms with Crippen LogP contribution in [0.2, 0.25) is 0 Å². The zero-order valence-electron chi connectivity index (χ0n) is 15.5. The average molecular weight is 366 g/mol. The van der Waals surface area contributed by atoms with Gasteiger partial charge in [-0.1, -0.05) is 6.07 Å². The van der Waals surface area contributed by atoms with Crippen molar-refractivity contribution in [1.29, 1.82) is 0 Å². The molecule has 0 saturated carbocycles. The third-order valence-corrected chi connectivity index (χ3v) is 5.09. The Labute approximate surface area is 156 Å². The molecule has 0 unspecified atom stereocenters. The third kappa shape index (κ3) is 3.32. The fraction of sp³-hybridized carbons (Fsp3) is 0.350. The van der Waals surface area contributed by atoms with E-state index in [-0.39, 0.29) is 17.6 Å². The summed E-state index contributed by atoms with van der Waals surface area (Å²) >= 11 is 0. The average Bonchev–Trinajstić information content (AvgIpc) is 3.06. The second-order valence-corrected chi connectivity index (χ2v) is 6.91. The molecule has 1 aliphatic heterocycles. The van der Waals surface area contributed by atoms with Gasteiger partial charge in [0, 0.05) is 57.7 Å². The Kier molecular flexibility index (Phi) is 4.43. The van der Waals surface area contributed by atoms with E-state index in [2.05, 4.69) is 21.8 Å². The SMILES string of the molecule is Cn1nc(C(=O)N2CCC(Oc3cccc4c3ccn4C)CC2)ccc1=O. The zero-order valence-corrected chi connectivity index (χ0v) is 15.5. The summed E-state index contributed by atoms with van der Waals surface area (Å²) in [7, 11) is 3.56. The number of piperidine rings is 1. The molecular formula is C20H22N4O3. The Hall–Kier alpha value is -3.09. The van der Waals surface area contributed by atoms with Crippen molar-refractivity contribution in [2.24, 2.45) is 14.1 Å². The van der Waals surface area contributed by atoms with Gasteiger partial charge >= 0.3 is 0 Å². The number of aromatic nitrogens is 3.